The molecule has 1 heterocycles. The van der Waals surface area contributed by atoms with Gasteiger partial charge in [-0.15, -0.1) is 0 Å². The number of hydrogen-bond acceptors (Lipinski definition) is 6. The Morgan fingerprint density at radius 1 is 1.12 bits per heavy atom. The zero-order valence-electron chi connectivity index (χ0n) is 18.6. The van der Waals surface area contributed by atoms with Crippen LogP contribution in [0.25, 0.3) is 0 Å². The van der Waals surface area contributed by atoms with E-state index in [4.69, 9.17) is 21.1 Å². The van der Waals surface area contributed by atoms with Crippen LogP contribution in [0.4, 0.5) is 5.69 Å². The summed E-state index contributed by atoms with van der Waals surface area (Å²) in [6.07, 6.45) is 1.01. The van der Waals surface area contributed by atoms with E-state index in [2.05, 4.69) is 5.32 Å². The number of carbonyl (C=O) groups is 2. The third-order valence-corrected chi connectivity index (χ3v) is 6.71. The number of carbonyl (C=O) groups excluding carboxylic acids is 2. The molecule has 3 rings (SSSR count). The minimum atomic E-state index is -3.84. The number of halogens is 1. The lowest BCUT2D eigenvalue weighted by Gasteiger charge is -2.31. The maximum Gasteiger partial charge on any atom is 0.244 e. The van der Waals surface area contributed by atoms with Gasteiger partial charge < -0.3 is 19.7 Å². The maximum atomic E-state index is 13.4. The average Bonchev–Trinajstić information content (AvgIpc) is 2.79. The molecule has 0 unspecified atom stereocenters. The highest BCUT2D eigenvalue weighted by molar-refractivity contribution is 7.92. The second-order valence-corrected chi connectivity index (χ2v) is 9.81. The van der Waals surface area contributed by atoms with Gasteiger partial charge in [0.1, 0.15) is 25.8 Å². The van der Waals surface area contributed by atoms with E-state index in [0.717, 1.165) is 10.6 Å². The van der Waals surface area contributed by atoms with Crippen molar-refractivity contribution in [3.8, 4) is 11.5 Å². The Bertz CT molecular complexity index is 1140. The Morgan fingerprint density at radius 3 is 2.42 bits per heavy atom. The highest BCUT2D eigenvalue weighted by atomic mass is 35.5. The number of sulfonamides is 1. The summed E-state index contributed by atoms with van der Waals surface area (Å²) in [7, 11) is -2.38. The largest absolute Gasteiger partial charge is 0.486 e. The summed E-state index contributed by atoms with van der Waals surface area (Å²) in [4.78, 5) is 27.0. The molecule has 1 N–H and O–H groups in total. The number of amides is 2. The summed E-state index contributed by atoms with van der Waals surface area (Å²) in [6, 6.07) is 10.8. The van der Waals surface area contributed by atoms with Crippen LogP contribution >= 0.6 is 11.6 Å². The van der Waals surface area contributed by atoms with Crippen LogP contribution in [0.15, 0.2) is 42.5 Å². The molecule has 0 radical (unpaired) electrons. The first kappa shape index (κ1) is 24.7. The first-order chi connectivity index (χ1) is 15.6. The molecule has 178 valence electrons. The first-order valence-corrected chi connectivity index (χ1v) is 12.5. The number of ether oxygens (including phenoxy) is 2. The van der Waals surface area contributed by atoms with Gasteiger partial charge in [-0.2, -0.15) is 0 Å². The molecule has 0 bridgehead atoms. The zero-order valence-corrected chi connectivity index (χ0v) is 20.1. The third-order valence-electron chi connectivity index (χ3n) is 5.21. The lowest BCUT2D eigenvalue weighted by atomic mass is 10.1. The standard InChI is InChI=1S/C22H26ClN3O6S/c1-15(22(28)24-2)25(13-16-6-4-5-7-18(16)23)21(27)14-26(33(3,29)30)17-8-9-19-20(12-17)32-11-10-31-19/h4-9,12,15H,10-11,13-14H2,1-3H3,(H,24,28)/t15-/m1/s1. The van der Waals surface area contributed by atoms with Gasteiger partial charge in [-0.25, -0.2) is 8.42 Å². The van der Waals surface area contributed by atoms with Crippen molar-refractivity contribution >= 4 is 39.1 Å². The molecule has 0 saturated carbocycles. The number of benzene rings is 2. The lowest BCUT2D eigenvalue weighted by Crippen LogP contribution is -2.50. The monoisotopic (exact) mass is 495 g/mol. The van der Waals surface area contributed by atoms with Crippen LogP contribution in [-0.4, -0.2) is 64.2 Å². The molecule has 9 nitrogen and oxygen atoms in total. The fourth-order valence-corrected chi connectivity index (χ4v) is 4.44. The van der Waals surface area contributed by atoms with Gasteiger partial charge in [-0.3, -0.25) is 13.9 Å². The van der Waals surface area contributed by atoms with Crippen LogP contribution in [0, 0.1) is 0 Å². The van der Waals surface area contributed by atoms with Crippen molar-refractivity contribution in [3.63, 3.8) is 0 Å². The fraction of sp³-hybridized carbons (Fsp3) is 0.364. The minimum absolute atomic E-state index is 0.0336. The summed E-state index contributed by atoms with van der Waals surface area (Å²) in [5.74, 6) is -0.0585. The van der Waals surface area contributed by atoms with Crippen molar-refractivity contribution in [2.45, 2.75) is 19.5 Å². The summed E-state index contributed by atoms with van der Waals surface area (Å²) in [6.45, 7) is 1.83. The predicted molar refractivity (Wildman–Crippen MR) is 125 cm³/mol. The molecule has 1 atom stereocenters. The topological polar surface area (TPSA) is 105 Å². The van der Waals surface area contributed by atoms with Gasteiger partial charge in [0.05, 0.1) is 11.9 Å². The van der Waals surface area contributed by atoms with Crippen molar-refractivity contribution in [1.82, 2.24) is 10.2 Å². The van der Waals surface area contributed by atoms with E-state index in [1.54, 1.807) is 43.3 Å². The van der Waals surface area contributed by atoms with Crippen molar-refractivity contribution in [2.24, 2.45) is 0 Å². The van der Waals surface area contributed by atoms with Crippen molar-refractivity contribution in [2.75, 3.05) is 37.4 Å². The highest BCUT2D eigenvalue weighted by Crippen LogP contribution is 2.34. The molecule has 2 aromatic rings. The molecule has 1 aliphatic rings. The van der Waals surface area contributed by atoms with E-state index in [1.165, 1.54) is 18.0 Å². The Labute approximate surface area is 198 Å². The van der Waals surface area contributed by atoms with Crippen molar-refractivity contribution in [1.29, 1.82) is 0 Å². The number of hydrogen-bond donors (Lipinski definition) is 1. The Morgan fingerprint density at radius 2 is 1.79 bits per heavy atom. The van der Waals surface area contributed by atoms with Gasteiger partial charge in [0.2, 0.25) is 21.8 Å². The van der Waals surface area contributed by atoms with Crippen LogP contribution in [0.5, 0.6) is 11.5 Å². The normalized spacial score (nSPS) is 13.7. The molecule has 2 amide bonds. The second kappa shape index (κ2) is 10.3. The lowest BCUT2D eigenvalue weighted by molar-refractivity contribution is -0.139. The molecular weight excluding hydrogens is 470 g/mol. The van der Waals surface area contributed by atoms with E-state index in [0.29, 0.717) is 35.3 Å². The SMILES string of the molecule is CNC(=O)[C@@H](C)N(Cc1ccccc1Cl)C(=O)CN(c1ccc2c(c1)OCCO2)S(C)(=O)=O. The summed E-state index contributed by atoms with van der Waals surface area (Å²) in [5.41, 5.74) is 0.883. The minimum Gasteiger partial charge on any atom is -0.486 e. The van der Waals surface area contributed by atoms with Gasteiger partial charge in [0.25, 0.3) is 0 Å². The molecular formula is C22H26ClN3O6S. The van der Waals surface area contributed by atoms with Crippen LogP contribution in [0.2, 0.25) is 5.02 Å². The van der Waals surface area contributed by atoms with Gasteiger partial charge in [0, 0.05) is 24.7 Å². The number of rotatable bonds is 8. The molecule has 0 saturated heterocycles. The molecule has 0 aliphatic carbocycles. The highest BCUT2D eigenvalue weighted by Gasteiger charge is 2.30. The second-order valence-electron chi connectivity index (χ2n) is 7.50. The quantitative estimate of drug-likeness (QED) is 0.601. The van der Waals surface area contributed by atoms with E-state index >= 15 is 0 Å². The molecule has 0 fully saturated rings. The first-order valence-electron chi connectivity index (χ1n) is 10.2. The summed E-state index contributed by atoms with van der Waals surface area (Å²) in [5, 5.41) is 2.96. The van der Waals surface area contributed by atoms with Gasteiger partial charge in [-0.1, -0.05) is 29.8 Å². The Kier molecular flexibility index (Phi) is 7.70. The van der Waals surface area contributed by atoms with Gasteiger partial charge >= 0.3 is 0 Å². The number of likely N-dealkylation sites (N-methyl/N-ethyl adjacent to an activating group) is 1. The van der Waals surface area contributed by atoms with Crippen LogP contribution in [-0.2, 0) is 26.2 Å². The van der Waals surface area contributed by atoms with E-state index < -0.39 is 28.5 Å². The third kappa shape index (κ3) is 5.88. The average molecular weight is 496 g/mol. The molecule has 0 spiro atoms. The molecule has 33 heavy (non-hydrogen) atoms. The van der Waals surface area contributed by atoms with Gasteiger partial charge in [-0.05, 0) is 30.7 Å². The number of anilines is 1. The molecule has 0 aromatic heterocycles. The van der Waals surface area contributed by atoms with Crippen LogP contribution in [0.3, 0.4) is 0 Å². The number of nitrogens with zero attached hydrogens (tertiary/aromatic N) is 2. The van der Waals surface area contributed by atoms with E-state index in [9.17, 15) is 18.0 Å². The molecule has 1 aliphatic heterocycles. The van der Waals surface area contributed by atoms with Crippen LogP contribution < -0.4 is 19.1 Å². The van der Waals surface area contributed by atoms with Crippen LogP contribution in [0.1, 0.15) is 12.5 Å². The number of nitrogens with one attached hydrogen (secondary N) is 1. The summed E-state index contributed by atoms with van der Waals surface area (Å²) >= 11 is 6.26. The van der Waals surface area contributed by atoms with Crippen molar-refractivity contribution in [3.05, 3.63) is 53.1 Å². The maximum absolute atomic E-state index is 13.4. The fourth-order valence-electron chi connectivity index (χ4n) is 3.40. The van der Waals surface area contributed by atoms with E-state index in [1.807, 2.05) is 0 Å². The number of fused-ring (bicyclic) bond motifs is 1. The Hall–Kier alpha value is -2.98. The van der Waals surface area contributed by atoms with E-state index in [-0.39, 0.29) is 18.1 Å². The zero-order chi connectivity index (χ0) is 24.2. The Balaban J connectivity index is 1.93. The smallest absolute Gasteiger partial charge is 0.244 e. The van der Waals surface area contributed by atoms with Gasteiger partial charge in [0.15, 0.2) is 11.5 Å². The molecule has 11 heteroatoms. The predicted octanol–water partition coefficient (Wildman–Crippen LogP) is 2.04. The van der Waals surface area contributed by atoms with Crippen molar-refractivity contribution < 1.29 is 27.5 Å². The summed E-state index contributed by atoms with van der Waals surface area (Å²) < 4.78 is 37.2. The molecule has 2 aromatic carbocycles.